The molecule has 5 rings (SSSR count). The lowest BCUT2D eigenvalue weighted by Gasteiger charge is -2.03. The second-order valence-electron chi connectivity index (χ2n) is 5.40. The summed E-state index contributed by atoms with van der Waals surface area (Å²) >= 11 is 0. The first kappa shape index (κ1) is 11.4. The van der Waals surface area contributed by atoms with Crippen molar-refractivity contribution in [1.29, 1.82) is 0 Å². The van der Waals surface area contributed by atoms with Gasteiger partial charge in [0.1, 0.15) is 0 Å². The van der Waals surface area contributed by atoms with Gasteiger partial charge in [0.2, 0.25) is 0 Å². The summed E-state index contributed by atoms with van der Waals surface area (Å²) in [5.41, 5.74) is 3.56. The largest absolute Gasteiger partial charge is 0.326 e. The Balaban J connectivity index is 2.03. The van der Waals surface area contributed by atoms with E-state index in [0.29, 0.717) is 5.52 Å². The van der Waals surface area contributed by atoms with Crippen LogP contribution in [0, 0.1) is 0 Å². The molecule has 2 heterocycles. The number of benzene rings is 2. The van der Waals surface area contributed by atoms with Gasteiger partial charge in [0.15, 0.2) is 5.52 Å². The second kappa shape index (κ2) is 3.71. The van der Waals surface area contributed by atoms with Crippen LogP contribution in [0.4, 0.5) is 0 Å². The van der Waals surface area contributed by atoms with Crippen molar-refractivity contribution in [1.82, 2.24) is 15.0 Å². The normalized spacial score (nSPS) is 12.0. The number of fused-ring (bicyclic) bond motifs is 4. The van der Waals surface area contributed by atoms with Gasteiger partial charge in [-0.3, -0.25) is 9.78 Å². The van der Waals surface area contributed by atoms with Crippen LogP contribution < -0.4 is 11.2 Å². The van der Waals surface area contributed by atoms with E-state index in [-0.39, 0.29) is 5.52 Å². The summed E-state index contributed by atoms with van der Waals surface area (Å²) in [4.78, 5) is 32.8. The van der Waals surface area contributed by atoms with Gasteiger partial charge < -0.3 is 4.98 Å². The molecular weight excluding hydrogens is 278 g/mol. The van der Waals surface area contributed by atoms with Crippen molar-refractivity contribution in [2.45, 2.75) is 0 Å². The van der Waals surface area contributed by atoms with E-state index >= 15 is 0 Å². The van der Waals surface area contributed by atoms with Crippen molar-refractivity contribution >= 4 is 21.8 Å². The Labute approximate surface area is 123 Å². The molecule has 0 bridgehead atoms. The highest BCUT2D eigenvalue weighted by Gasteiger charge is 2.23. The minimum atomic E-state index is -0.520. The lowest BCUT2D eigenvalue weighted by atomic mass is 10.0. The molecule has 0 unspecified atom stereocenters. The predicted molar refractivity (Wildman–Crippen MR) is 84.9 cm³/mol. The average molecular weight is 287 g/mol. The molecule has 5 nitrogen and oxygen atoms in total. The van der Waals surface area contributed by atoms with Crippen molar-refractivity contribution in [3.8, 4) is 22.4 Å². The maximum Gasteiger partial charge on any atom is 0.326 e. The van der Waals surface area contributed by atoms with E-state index in [1.54, 1.807) is 0 Å². The van der Waals surface area contributed by atoms with Crippen molar-refractivity contribution in [3.05, 3.63) is 63.3 Å². The molecule has 0 atom stereocenters. The summed E-state index contributed by atoms with van der Waals surface area (Å²) in [6.45, 7) is 0. The zero-order chi connectivity index (χ0) is 14.8. The standard InChI is InChI=1S/C17H9N3O2/c21-16-15-12(18-17(22)20-16)7-11-9-5-1-3-8-4-2-6-10(13(8)9)14(11)19-15/h1-7H,(H2,18,20,21,22). The Kier molecular flexibility index (Phi) is 1.93. The molecule has 0 spiro atoms. The molecule has 1 aliphatic rings. The molecule has 0 fully saturated rings. The number of hydrogen-bond donors (Lipinski definition) is 2. The first-order chi connectivity index (χ1) is 10.7. The number of nitrogens with zero attached hydrogens (tertiary/aromatic N) is 1. The van der Waals surface area contributed by atoms with Crippen molar-refractivity contribution in [3.63, 3.8) is 0 Å². The lowest BCUT2D eigenvalue weighted by Crippen LogP contribution is -2.22. The number of nitrogens with one attached hydrogen (secondary N) is 2. The van der Waals surface area contributed by atoms with E-state index in [1.807, 2.05) is 30.3 Å². The first-order valence-corrected chi connectivity index (χ1v) is 6.92. The number of hydrogen-bond acceptors (Lipinski definition) is 3. The quantitative estimate of drug-likeness (QED) is 0.459. The van der Waals surface area contributed by atoms with Gasteiger partial charge in [0, 0.05) is 11.1 Å². The Morgan fingerprint density at radius 1 is 0.864 bits per heavy atom. The fraction of sp³-hybridized carbons (Fsp3) is 0. The van der Waals surface area contributed by atoms with Crippen LogP contribution in [0.15, 0.2) is 52.1 Å². The number of pyridine rings is 1. The summed E-state index contributed by atoms with van der Waals surface area (Å²) in [5.74, 6) is 0. The average Bonchev–Trinajstić information content (AvgIpc) is 2.82. The van der Waals surface area contributed by atoms with Gasteiger partial charge in [-0.1, -0.05) is 36.4 Å². The maximum atomic E-state index is 12.0. The van der Waals surface area contributed by atoms with Crippen LogP contribution in [0.2, 0.25) is 0 Å². The van der Waals surface area contributed by atoms with Gasteiger partial charge in [0.05, 0.1) is 11.2 Å². The molecule has 2 aromatic heterocycles. The molecule has 22 heavy (non-hydrogen) atoms. The molecule has 2 aromatic carbocycles. The molecule has 0 aliphatic heterocycles. The molecule has 5 heteroatoms. The molecule has 0 radical (unpaired) electrons. The first-order valence-electron chi connectivity index (χ1n) is 6.92. The van der Waals surface area contributed by atoms with E-state index in [0.717, 1.165) is 33.2 Å². The number of aromatic amines is 2. The fourth-order valence-corrected chi connectivity index (χ4v) is 3.27. The predicted octanol–water partition coefficient (Wildman–Crippen LogP) is 2.41. The highest BCUT2D eigenvalue weighted by Crippen LogP contribution is 2.46. The summed E-state index contributed by atoms with van der Waals surface area (Å²) < 4.78 is 0. The van der Waals surface area contributed by atoms with E-state index in [4.69, 9.17) is 0 Å². The molecule has 2 N–H and O–H groups in total. The summed E-state index contributed by atoms with van der Waals surface area (Å²) in [6, 6.07) is 14.0. The molecule has 4 aromatic rings. The molecule has 0 saturated carbocycles. The van der Waals surface area contributed by atoms with Gasteiger partial charge in [-0.15, -0.1) is 0 Å². The van der Waals surface area contributed by atoms with Gasteiger partial charge in [0.25, 0.3) is 5.56 Å². The van der Waals surface area contributed by atoms with E-state index in [1.165, 1.54) is 0 Å². The maximum absolute atomic E-state index is 12.0. The minimum absolute atomic E-state index is 0.253. The minimum Gasteiger partial charge on any atom is -0.305 e. The van der Waals surface area contributed by atoms with Crippen LogP contribution in [0.25, 0.3) is 44.2 Å². The van der Waals surface area contributed by atoms with Crippen molar-refractivity contribution in [2.24, 2.45) is 0 Å². The molecule has 1 aliphatic carbocycles. The van der Waals surface area contributed by atoms with Gasteiger partial charge in [-0.2, -0.15) is 0 Å². The zero-order valence-corrected chi connectivity index (χ0v) is 11.3. The third-order valence-electron chi connectivity index (χ3n) is 4.16. The van der Waals surface area contributed by atoms with Gasteiger partial charge in [-0.25, -0.2) is 9.78 Å². The smallest absolute Gasteiger partial charge is 0.305 e. The Morgan fingerprint density at radius 3 is 2.45 bits per heavy atom. The van der Waals surface area contributed by atoms with Crippen LogP contribution in [0.3, 0.4) is 0 Å². The third-order valence-corrected chi connectivity index (χ3v) is 4.16. The van der Waals surface area contributed by atoms with E-state index in [9.17, 15) is 9.59 Å². The van der Waals surface area contributed by atoms with Gasteiger partial charge >= 0.3 is 5.69 Å². The van der Waals surface area contributed by atoms with Gasteiger partial charge in [-0.05, 0) is 22.4 Å². The number of H-pyrrole nitrogens is 2. The number of aromatic nitrogens is 3. The Morgan fingerprint density at radius 2 is 1.64 bits per heavy atom. The van der Waals surface area contributed by atoms with E-state index in [2.05, 4.69) is 27.1 Å². The zero-order valence-electron chi connectivity index (χ0n) is 11.3. The molecule has 104 valence electrons. The molecule has 0 saturated heterocycles. The summed E-state index contributed by atoms with van der Waals surface area (Å²) in [5, 5.41) is 2.28. The number of rotatable bonds is 0. The summed E-state index contributed by atoms with van der Waals surface area (Å²) in [7, 11) is 0. The highest BCUT2D eigenvalue weighted by molar-refractivity contribution is 6.15. The van der Waals surface area contributed by atoms with Crippen LogP contribution in [0.1, 0.15) is 0 Å². The Hall–Kier alpha value is -3.21. The second-order valence-corrected chi connectivity index (χ2v) is 5.40. The van der Waals surface area contributed by atoms with Crippen LogP contribution >= 0.6 is 0 Å². The molecular formula is C17H9N3O2. The monoisotopic (exact) mass is 287 g/mol. The van der Waals surface area contributed by atoms with Crippen molar-refractivity contribution < 1.29 is 0 Å². The highest BCUT2D eigenvalue weighted by atomic mass is 16.2. The van der Waals surface area contributed by atoms with Crippen molar-refractivity contribution in [2.75, 3.05) is 0 Å². The Bertz CT molecular complexity index is 1210. The topological polar surface area (TPSA) is 78.6 Å². The lowest BCUT2D eigenvalue weighted by molar-refractivity contribution is 1.07. The SMILES string of the molecule is O=c1[nH]c(=O)c2nc3c(cc2[nH]1)-c1cccc2cccc-3c12. The summed E-state index contributed by atoms with van der Waals surface area (Å²) in [6.07, 6.45) is 0. The third kappa shape index (κ3) is 1.30. The van der Waals surface area contributed by atoms with Crippen LogP contribution in [-0.4, -0.2) is 15.0 Å². The molecule has 0 amide bonds. The fourth-order valence-electron chi connectivity index (χ4n) is 3.27. The van der Waals surface area contributed by atoms with E-state index < -0.39 is 11.2 Å². The van der Waals surface area contributed by atoms with Crippen LogP contribution in [0.5, 0.6) is 0 Å². The van der Waals surface area contributed by atoms with Crippen LogP contribution in [-0.2, 0) is 0 Å².